The van der Waals surface area contributed by atoms with E-state index >= 15 is 0 Å². The van der Waals surface area contributed by atoms with Crippen molar-refractivity contribution in [3.05, 3.63) is 72.8 Å². The molecule has 1 unspecified atom stereocenters. The summed E-state index contributed by atoms with van der Waals surface area (Å²) in [6, 6.07) is 19.4. The molecular weight excluding hydrogens is 380 g/mol. The molecule has 3 heterocycles. The molecule has 0 aliphatic heterocycles. The van der Waals surface area contributed by atoms with E-state index in [0.29, 0.717) is 17.4 Å². The maximum Gasteiger partial charge on any atom is 0.225 e. The first-order valence-corrected chi connectivity index (χ1v) is 9.46. The molecule has 148 valence electrons. The zero-order chi connectivity index (χ0) is 20.5. The van der Waals surface area contributed by atoms with Crippen LogP contribution in [0.3, 0.4) is 0 Å². The van der Waals surface area contributed by atoms with E-state index in [4.69, 9.17) is 14.6 Å². The molecule has 8 heteroatoms. The Morgan fingerprint density at radius 2 is 1.80 bits per heavy atom. The fourth-order valence-electron chi connectivity index (χ4n) is 3.28. The highest BCUT2D eigenvalue weighted by atomic mass is 16.5. The Bertz CT molecular complexity index is 1340. The zero-order valence-electron chi connectivity index (χ0n) is 16.4. The van der Waals surface area contributed by atoms with Gasteiger partial charge in [0.25, 0.3) is 0 Å². The number of nitrogens with zero attached hydrogens (tertiary/aromatic N) is 6. The molecule has 0 aliphatic carbocycles. The lowest BCUT2D eigenvalue weighted by molar-refractivity contribution is 0.207. The van der Waals surface area contributed by atoms with Crippen LogP contribution in [-0.2, 0) is 0 Å². The van der Waals surface area contributed by atoms with E-state index in [1.165, 1.54) is 6.33 Å². The molecule has 0 saturated heterocycles. The van der Waals surface area contributed by atoms with Crippen molar-refractivity contribution in [3.8, 4) is 22.9 Å². The van der Waals surface area contributed by atoms with E-state index in [-0.39, 0.29) is 0 Å². The lowest BCUT2D eigenvalue weighted by Gasteiger charge is -2.14. The Balaban J connectivity index is 1.51. The van der Waals surface area contributed by atoms with Crippen LogP contribution in [0.5, 0.6) is 11.6 Å². The first-order valence-electron chi connectivity index (χ1n) is 9.46. The molecule has 0 N–H and O–H groups in total. The van der Waals surface area contributed by atoms with E-state index in [2.05, 4.69) is 20.2 Å². The molecule has 0 amide bonds. The van der Waals surface area contributed by atoms with Crippen LogP contribution in [0.2, 0.25) is 0 Å². The lowest BCUT2D eigenvalue weighted by atomic mass is 10.1. The van der Waals surface area contributed by atoms with Crippen LogP contribution in [0.15, 0.2) is 67.0 Å². The molecule has 8 nitrogen and oxygen atoms in total. The van der Waals surface area contributed by atoms with Crippen molar-refractivity contribution in [2.45, 2.75) is 13.0 Å². The zero-order valence-corrected chi connectivity index (χ0v) is 16.4. The minimum Gasteiger partial charge on any atom is -0.497 e. The molecule has 2 aromatic carbocycles. The van der Waals surface area contributed by atoms with E-state index in [1.54, 1.807) is 11.6 Å². The van der Waals surface area contributed by atoms with Crippen LogP contribution in [-0.4, -0.2) is 36.9 Å². The van der Waals surface area contributed by atoms with Gasteiger partial charge in [-0.15, -0.1) is 10.2 Å². The van der Waals surface area contributed by atoms with Crippen LogP contribution < -0.4 is 9.47 Å². The van der Waals surface area contributed by atoms with Crippen molar-refractivity contribution < 1.29 is 9.47 Å². The molecule has 5 rings (SSSR count). The number of hydrogen-bond acceptors (Lipinski definition) is 7. The third-order valence-corrected chi connectivity index (χ3v) is 4.82. The summed E-state index contributed by atoms with van der Waals surface area (Å²) in [6.07, 6.45) is 1.04. The van der Waals surface area contributed by atoms with Gasteiger partial charge < -0.3 is 9.47 Å². The SMILES string of the molecule is COc1ccc2c(OC(C)c3nnc4ccc(-c5ccccc5)nn34)ncnc2c1. The number of rotatable bonds is 5. The number of hydrogen-bond donors (Lipinski definition) is 0. The predicted molar refractivity (Wildman–Crippen MR) is 111 cm³/mol. The van der Waals surface area contributed by atoms with Gasteiger partial charge in [-0.25, -0.2) is 9.97 Å². The summed E-state index contributed by atoms with van der Waals surface area (Å²) in [5.74, 6) is 1.77. The molecule has 0 saturated carbocycles. The van der Waals surface area contributed by atoms with Gasteiger partial charge in [0.05, 0.1) is 23.7 Å². The molecule has 0 aliphatic rings. The van der Waals surface area contributed by atoms with Gasteiger partial charge in [-0.1, -0.05) is 30.3 Å². The average molecular weight is 398 g/mol. The Labute approximate surface area is 172 Å². The van der Waals surface area contributed by atoms with Gasteiger partial charge in [0, 0.05) is 11.6 Å². The maximum atomic E-state index is 6.14. The van der Waals surface area contributed by atoms with Crippen molar-refractivity contribution >= 4 is 16.6 Å². The molecule has 0 spiro atoms. The van der Waals surface area contributed by atoms with E-state index in [1.807, 2.05) is 67.6 Å². The summed E-state index contributed by atoms with van der Waals surface area (Å²) in [6.45, 7) is 1.89. The fourth-order valence-corrected chi connectivity index (χ4v) is 3.28. The standard InChI is InChI=1S/C22H18N6O2/c1-14(30-22-17-9-8-16(29-2)12-19(17)23-13-24-22)21-26-25-20-11-10-18(27-28(20)21)15-6-4-3-5-7-15/h3-14H,1-2H3. The van der Waals surface area contributed by atoms with Gasteiger partial charge >= 0.3 is 0 Å². The maximum absolute atomic E-state index is 6.14. The second-order valence-electron chi connectivity index (χ2n) is 6.73. The van der Waals surface area contributed by atoms with Gasteiger partial charge in [0.15, 0.2) is 17.6 Å². The molecule has 3 aromatic heterocycles. The number of methoxy groups -OCH3 is 1. The number of ether oxygens (including phenoxy) is 2. The van der Waals surface area contributed by atoms with Crippen molar-refractivity contribution in [1.29, 1.82) is 0 Å². The molecular formula is C22H18N6O2. The summed E-state index contributed by atoms with van der Waals surface area (Å²) < 4.78 is 13.1. The first-order chi connectivity index (χ1) is 14.7. The minimum atomic E-state index is -0.432. The molecule has 0 bridgehead atoms. The summed E-state index contributed by atoms with van der Waals surface area (Å²) in [5.41, 5.74) is 3.24. The summed E-state index contributed by atoms with van der Waals surface area (Å²) >= 11 is 0. The van der Waals surface area contributed by atoms with Crippen LogP contribution in [0.4, 0.5) is 0 Å². The Kier molecular flexibility index (Phi) is 4.44. The monoisotopic (exact) mass is 398 g/mol. The summed E-state index contributed by atoms with van der Waals surface area (Å²) in [7, 11) is 1.62. The molecule has 5 aromatic rings. The third kappa shape index (κ3) is 3.18. The Hall–Kier alpha value is -4.07. The first kappa shape index (κ1) is 18.0. The topological polar surface area (TPSA) is 87.3 Å². The highest BCUT2D eigenvalue weighted by Gasteiger charge is 2.19. The van der Waals surface area contributed by atoms with Gasteiger partial charge in [-0.05, 0) is 31.2 Å². The van der Waals surface area contributed by atoms with Crippen LogP contribution in [0.1, 0.15) is 18.9 Å². The van der Waals surface area contributed by atoms with Gasteiger partial charge in [0.1, 0.15) is 12.1 Å². The van der Waals surface area contributed by atoms with Crippen molar-refractivity contribution in [2.75, 3.05) is 7.11 Å². The second-order valence-corrected chi connectivity index (χ2v) is 6.73. The quantitative estimate of drug-likeness (QED) is 0.444. The second kappa shape index (κ2) is 7.40. The van der Waals surface area contributed by atoms with Gasteiger partial charge in [-0.2, -0.15) is 9.61 Å². The highest BCUT2D eigenvalue weighted by Crippen LogP contribution is 2.28. The largest absolute Gasteiger partial charge is 0.497 e. The van der Waals surface area contributed by atoms with Gasteiger partial charge in [0.2, 0.25) is 5.88 Å². The highest BCUT2D eigenvalue weighted by molar-refractivity contribution is 5.84. The smallest absolute Gasteiger partial charge is 0.225 e. The third-order valence-electron chi connectivity index (χ3n) is 4.82. The minimum absolute atomic E-state index is 0.432. The van der Waals surface area contributed by atoms with E-state index in [0.717, 1.165) is 27.9 Å². The Morgan fingerprint density at radius 1 is 0.933 bits per heavy atom. The number of aromatic nitrogens is 6. The van der Waals surface area contributed by atoms with E-state index in [9.17, 15) is 0 Å². The van der Waals surface area contributed by atoms with E-state index < -0.39 is 6.10 Å². The summed E-state index contributed by atoms with van der Waals surface area (Å²) in [4.78, 5) is 8.60. The van der Waals surface area contributed by atoms with Crippen LogP contribution in [0, 0.1) is 0 Å². The fraction of sp³-hybridized carbons (Fsp3) is 0.136. The van der Waals surface area contributed by atoms with Crippen molar-refractivity contribution in [1.82, 2.24) is 29.8 Å². The molecule has 30 heavy (non-hydrogen) atoms. The average Bonchev–Trinajstić information content (AvgIpc) is 3.23. The van der Waals surface area contributed by atoms with Crippen molar-refractivity contribution in [3.63, 3.8) is 0 Å². The normalized spacial score (nSPS) is 12.2. The summed E-state index contributed by atoms with van der Waals surface area (Å²) in [5, 5.41) is 14.0. The van der Waals surface area contributed by atoms with Gasteiger partial charge in [-0.3, -0.25) is 0 Å². The Morgan fingerprint density at radius 3 is 2.63 bits per heavy atom. The molecule has 1 atom stereocenters. The number of fused-ring (bicyclic) bond motifs is 2. The predicted octanol–water partition coefficient (Wildman–Crippen LogP) is 3.88. The molecule has 0 radical (unpaired) electrons. The molecule has 0 fully saturated rings. The van der Waals surface area contributed by atoms with Crippen LogP contribution >= 0.6 is 0 Å². The van der Waals surface area contributed by atoms with Crippen LogP contribution in [0.25, 0.3) is 27.8 Å². The van der Waals surface area contributed by atoms with Crippen molar-refractivity contribution in [2.24, 2.45) is 0 Å². The lowest BCUT2D eigenvalue weighted by Crippen LogP contribution is -2.11. The number of benzene rings is 2.